The van der Waals surface area contributed by atoms with Gasteiger partial charge in [0.2, 0.25) is 0 Å². The van der Waals surface area contributed by atoms with Gasteiger partial charge >= 0.3 is 11.9 Å². The molecule has 4 nitrogen and oxygen atoms in total. The van der Waals surface area contributed by atoms with Crippen molar-refractivity contribution >= 4 is 11.9 Å². The van der Waals surface area contributed by atoms with Gasteiger partial charge in [-0.05, 0) is 70.6 Å². The summed E-state index contributed by atoms with van der Waals surface area (Å²) >= 11 is 0. The van der Waals surface area contributed by atoms with Crippen molar-refractivity contribution in [3.05, 3.63) is 24.3 Å². The van der Waals surface area contributed by atoms with Crippen molar-refractivity contribution in [3.63, 3.8) is 0 Å². The third-order valence-corrected chi connectivity index (χ3v) is 10.7. The lowest BCUT2D eigenvalue weighted by atomic mass is 10.0. The summed E-state index contributed by atoms with van der Waals surface area (Å²) < 4.78 is 6.04. The van der Waals surface area contributed by atoms with Crippen LogP contribution in [0.5, 0.6) is 0 Å². The fourth-order valence-corrected chi connectivity index (χ4v) is 7.22. The third kappa shape index (κ3) is 42.8. The molecule has 0 spiro atoms. The molecule has 0 heterocycles. The highest BCUT2D eigenvalue weighted by molar-refractivity contribution is 5.69. The van der Waals surface area contributed by atoms with Crippen molar-refractivity contribution in [1.82, 2.24) is 0 Å². The molecule has 0 aliphatic rings. The Bertz CT molecular complexity index is 787. The Morgan fingerprint density at radius 2 is 0.750 bits per heavy atom. The number of ether oxygens (including phenoxy) is 1. The molecule has 4 heteroatoms. The molecule has 0 bridgehead atoms. The van der Waals surface area contributed by atoms with Gasteiger partial charge < -0.3 is 9.84 Å². The lowest BCUT2D eigenvalue weighted by molar-refractivity contribution is -0.150. The standard InChI is InChI=1S/C48H90O4/c1-3-5-7-9-11-13-15-17-19-20-21-22-24-26-28-30-32-37-41-45-48(51)52-46(43-39-35-33-36-40-44-47(49)50)42-38-34-31-29-27-25-23-18-16-14-12-10-8-6-4-2/h11,13,17,19,46H,3-10,12,14-16,18,20-45H2,1-2H3,(H,49,50)/b13-11-,19-17-. The normalized spacial score (nSPS) is 12.3. The highest BCUT2D eigenvalue weighted by atomic mass is 16.5. The van der Waals surface area contributed by atoms with E-state index in [0.29, 0.717) is 6.42 Å². The van der Waals surface area contributed by atoms with E-state index in [9.17, 15) is 9.59 Å². The van der Waals surface area contributed by atoms with E-state index in [0.717, 1.165) is 70.6 Å². The topological polar surface area (TPSA) is 63.6 Å². The van der Waals surface area contributed by atoms with Gasteiger partial charge in [0.1, 0.15) is 6.10 Å². The van der Waals surface area contributed by atoms with Gasteiger partial charge in [-0.3, -0.25) is 9.59 Å². The van der Waals surface area contributed by atoms with Crippen molar-refractivity contribution < 1.29 is 19.4 Å². The molecule has 0 rings (SSSR count). The lowest BCUT2D eigenvalue weighted by Gasteiger charge is -2.18. The Balaban J connectivity index is 3.96. The second-order valence-corrected chi connectivity index (χ2v) is 15.9. The fourth-order valence-electron chi connectivity index (χ4n) is 7.22. The number of aliphatic carboxylic acids is 1. The molecule has 52 heavy (non-hydrogen) atoms. The Labute approximate surface area is 325 Å². The first-order valence-electron chi connectivity index (χ1n) is 23.3. The number of carbonyl (C=O) groups excluding carboxylic acids is 1. The maximum absolute atomic E-state index is 12.7. The summed E-state index contributed by atoms with van der Waals surface area (Å²) in [6.07, 6.45) is 56.4. The maximum atomic E-state index is 12.7. The van der Waals surface area contributed by atoms with Crippen molar-refractivity contribution in [2.75, 3.05) is 0 Å². The average Bonchev–Trinajstić information content (AvgIpc) is 3.13. The Morgan fingerprint density at radius 3 is 1.17 bits per heavy atom. The van der Waals surface area contributed by atoms with Crippen LogP contribution in [-0.2, 0) is 14.3 Å². The molecule has 0 aliphatic heterocycles. The summed E-state index contributed by atoms with van der Waals surface area (Å²) in [6.45, 7) is 4.55. The number of carbonyl (C=O) groups is 2. The van der Waals surface area contributed by atoms with E-state index in [4.69, 9.17) is 9.84 Å². The van der Waals surface area contributed by atoms with Gasteiger partial charge in [0.15, 0.2) is 0 Å². The molecule has 0 saturated heterocycles. The van der Waals surface area contributed by atoms with E-state index in [1.807, 2.05) is 0 Å². The SMILES string of the molecule is CCCCC/C=C\C/C=C\CCCCCCCCCCCC(=O)OC(CCCCCCCCCCCCCCCCC)CCCCCCCC(=O)O. The molecular weight excluding hydrogens is 641 g/mol. The summed E-state index contributed by atoms with van der Waals surface area (Å²) in [6, 6.07) is 0. The summed E-state index contributed by atoms with van der Waals surface area (Å²) in [7, 11) is 0. The van der Waals surface area contributed by atoms with Crippen molar-refractivity contribution in [2.24, 2.45) is 0 Å². The largest absolute Gasteiger partial charge is 0.481 e. The quantitative estimate of drug-likeness (QED) is 0.0385. The number of carboxylic acids is 1. The monoisotopic (exact) mass is 731 g/mol. The maximum Gasteiger partial charge on any atom is 0.306 e. The molecule has 0 fully saturated rings. The first-order valence-corrected chi connectivity index (χ1v) is 23.3. The highest BCUT2D eigenvalue weighted by Gasteiger charge is 2.14. The minimum absolute atomic E-state index is 0.00413. The zero-order valence-electron chi connectivity index (χ0n) is 35.1. The van der Waals surface area contributed by atoms with Gasteiger partial charge in [0.25, 0.3) is 0 Å². The molecule has 0 aromatic rings. The van der Waals surface area contributed by atoms with Crippen LogP contribution < -0.4 is 0 Å². The van der Waals surface area contributed by atoms with E-state index in [-0.39, 0.29) is 18.5 Å². The van der Waals surface area contributed by atoms with Gasteiger partial charge in [-0.25, -0.2) is 0 Å². The van der Waals surface area contributed by atoms with Crippen LogP contribution in [0.2, 0.25) is 0 Å². The van der Waals surface area contributed by atoms with Gasteiger partial charge in [0, 0.05) is 12.8 Å². The van der Waals surface area contributed by atoms with E-state index >= 15 is 0 Å². The molecule has 306 valence electrons. The molecule has 0 radical (unpaired) electrons. The number of unbranched alkanes of at least 4 members (excludes halogenated alkanes) is 30. The molecule has 0 aliphatic carbocycles. The van der Waals surface area contributed by atoms with Crippen LogP contribution >= 0.6 is 0 Å². The summed E-state index contributed by atoms with van der Waals surface area (Å²) in [5, 5.41) is 8.85. The number of rotatable bonds is 43. The first-order chi connectivity index (χ1) is 25.6. The number of esters is 1. The van der Waals surface area contributed by atoms with Crippen LogP contribution in [0.3, 0.4) is 0 Å². The number of hydrogen-bond acceptors (Lipinski definition) is 3. The molecular formula is C48H90O4. The summed E-state index contributed by atoms with van der Waals surface area (Å²) in [4.78, 5) is 23.5. The molecule has 0 aromatic carbocycles. The molecule has 1 N–H and O–H groups in total. The predicted octanol–water partition coefficient (Wildman–Crippen LogP) is 16.3. The zero-order valence-corrected chi connectivity index (χ0v) is 35.1. The number of carboxylic acid groups (broad SMARTS) is 1. The van der Waals surface area contributed by atoms with Crippen molar-refractivity contribution in [1.29, 1.82) is 0 Å². The van der Waals surface area contributed by atoms with E-state index in [1.54, 1.807) is 0 Å². The third-order valence-electron chi connectivity index (χ3n) is 10.7. The second kappa shape index (κ2) is 43.8. The van der Waals surface area contributed by atoms with Crippen LogP contribution in [-0.4, -0.2) is 23.1 Å². The zero-order chi connectivity index (χ0) is 37.8. The highest BCUT2D eigenvalue weighted by Crippen LogP contribution is 2.19. The van der Waals surface area contributed by atoms with E-state index in [1.165, 1.54) is 167 Å². The fraction of sp³-hybridized carbons (Fsp3) is 0.875. The van der Waals surface area contributed by atoms with Crippen LogP contribution in [0.4, 0.5) is 0 Å². The Kier molecular flexibility index (Phi) is 42.5. The van der Waals surface area contributed by atoms with Gasteiger partial charge in [-0.15, -0.1) is 0 Å². The molecule has 1 atom stereocenters. The number of hydrogen-bond donors (Lipinski definition) is 1. The Hall–Kier alpha value is -1.58. The minimum Gasteiger partial charge on any atom is -0.481 e. The lowest BCUT2D eigenvalue weighted by Crippen LogP contribution is -2.18. The molecule has 1 unspecified atom stereocenters. The van der Waals surface area contributed by atoms with E-state index in [2.05, 4.69) is 38.2 Å². The van der Waals surface area contributed by atoms with Gasteiger partial charge in [0.05, 0.1) is 0 Å². The van der Waals surface area contributed by atoms with Crippen LogP contribution in [0.25, 0.3) is 0 Å². The van der Waals surface area contributed by atoms with Gasteiger partial charge in [-0.1, -0.05) is 205 Å². The van der Waals surface area contributed by atoms with E-state index < -0.39 is 5.97 Å². The summed E-state index contributed by atoms with van der Waals surface area (Å²) in [5.41, 5.74) is 0. The first kappa shape index (κ1) is 50.4. The molecule has 0 amide bonds. The van der Waals surface area contributed by atoms with Crippen LogP contribution in [0.15, 0.2) is 24.3 Å². The van der Waals surface area contributed by atoms with Crippen LogP contribution in [0, 0.1) is 0 Å². The Morgan fingerprint density at radius 1 is 0.423 bits per heavy atom. The minimum atomic E-state index is -0.697. The number of allylic oxidation sites excluding steroid dienone is 4. The summed E-state index contributed by atoms with van der Waals surface area (Å²) in [5.74, 6) is -0.693. The predicted molar refractivity (Wildman–Crippen MR) is 227 cm³/mol. The smallest absolute Gasteiger partial charge is 0.306 e. The average molecular weight is 731 g/mol. The molecule has 0 saturated carbocycles. The van der Waals surface area contributed by atoms with Crippen molar-refractivity contribution in [2.45, 2.75) is 270 Å². The molecule has 0 aromatic heterocycles. The second-order valence-electron chi connectivity index (χ2n) is 15.9. The van der Waals surface area contributed by atoms with Crippen LogP contribution in [0.1, 0.15) is 264 Å². The van der Waals surface area contributed by atoms with Gasteiger partial charge in [-0.2, -0.15) is 0 Å². The van der Waals surface area contributed by atoms with Crippen molar-refractivity contribution in [3.8, 4) is 0 Å².